The average molecular weight is 354 g/mol. The van der Waals surface area contributed by atoms with Crippen LogP contribution in [-0.4, -0.2) is 22.1 Å². The van der Waals surface area contributed by atoms with E-state index in [9.17, 15) is 4.79 Å². The summed E-state index contributed by atoms with van der Waals surface area (Å²) in [5, 5.41) is 0. The predicted octanol–water partition coefficient (Wildman–Crippen LogP) is 4.81. The van der Waals surface area contributed by atoms with Gasteiger partial charge in [0.1, 0.15) is 0 Å². The molecule has 0 N–H and O–H groups in total. The quantitative estimate of drug-likeness (QED) is 0.518. The molecule has 2 amide bonds. The number of para-hydroxylation sites is 4. The van der Waals surface area contributed by atoms with Crippen molar-refractivity contribution in [3.63, 3.8) is 0 Å². The lowest BCUT2D eigenvalue weighted by Gasteiger charge is -2.27. The third-order valence-electron chi connectivity index (χ3n) is 4.87. The molecule has 2 heterocycles. The highest BCUT2D eigenvalue weighted by molar-refractivity contribution is 6.08. The van der Waals surface area contributed by atoms with E-state index in [2.05, 4.69) is 4.57 Å². The van der Waals surface area contributed by atoms with Crippen LogP contribution in [0.15, 0.2) is 84.9 Å². The summed E-state index contributed by atoms with van der Waals surface area (Å²) in [7, 11) is 0. The minimum atomic E-state index is -0.0959. The lowest BCUT2D eigenvalue weighted by atomic mass is 10.2. The summed E-state index contributed by atoms with van der Waals surface area (Å²) >= 11 is 0. The minimum absolute atomic E-state index is 0.0959. The first kappa shape index (κ1) is 15.6. The first-order valence-electron chi connectivity index (χ1n) is 9.00. The predicted molar refractivity (Wildman–Crippen MR) is 107 cm³/mol. The van der Waals surface area contributed by atoms with Crippen LogP contribution in [0.2, 0.25) is 0 Å². The highest BCUT2D eigenvalue weighted by Gasteiger charge is 2.32. The number of carbonyl (C=O) groups is 1. The normalized spacial score (nSPS) is 13.0. The fraction of sp³-hybridized carbons (Fsp3) is 0.0909. The van der Waals surface area contributed by atoms with E-state index >= 15 is 0 Å². The van der Waals surface area contributed by atoms with Crippen molar-refractivity contribution in [2.75, 3.05) is 16.3 Å². The molecule has 3 aromatic carbocycles. The summed E-state index contributed by atoms with van der Waals surface area (Å²) in [5.41, 5.74) is 3.65. The maximum atomic E-state index is 13.6. The number of nitrogens with zero attached hydrogens (tertiary/aromatic N) is 4. The Balaban J connectivity index is 1.59. The number of carbonyl (C=O) groups excluding carboxylic acids is 1. The smallest absolute Gasteiger partial charge is 0.308 e. The van der Waals surface area contributed by atoms with Crippen molar-refractivity contribution >= 4 is 34.4 Å². The third-order valence-corrected chi connectivity index (χ3v) is 4.87. The molecule has 0 saturated carbocycles. The molecular weight excluding hydrogens is 336 g/mol. The number of aromatic nitrogens is 2. The van der Waals surface area contributed by atoms with Crippen molar-refractivity contribution in [2.45, 2.75) is 6.54 Å². The van der Waals surface area contributed by atoms with Crippen LogP contribution in [-0.2, 0) is 6.54 Å². The Hall–Kier alpha value is -3.60. The third kappa shape index (κ3) is 2.56. The molecule has 1 aliphatic heterocycles. The van der Waals surface area contributed by atoms with Crippen LogP contribution in [0.25, 0.3) is 11.0 Å². The van der Waals surface area contributed by atoms with E-state index in [1.165, 1.54) is 0 Å². The Morgan fingerprint density at radius 3 is 2.04 bits per heavy atom. The number of hydrogen-bond acceptors (Lipinski definition) is 2. The number of rotatable bonds is 2. The van der Waals surface area contributed by atoms with Crippen LogP contribution in [0, 0.1) is 0 Å². The highest BCUT2D eigenvalue weighted by atomic mass is 16.2. The van der Waals surface area contributed by atoms with E-state index in [0.717, 1.165) is 29.0 Å². The fourth-order valence-corrected chi connectivity index (χ4v) is 3.62. The van der Waals surface area contributed by atoms with Gasteiger partial charge >= 0.3 is 6.03 Å². The Bertz CT molecular complexity index is 1070. The first-order valence-corrected chi connectivity index (χ1v) is 9.00. The van der Waals surface area contributed by atoms with Crippen molar-refractivity contribution in [3.05, 3.63) is 84.9 Å². The van der Waals surface area contributed by atoms with Crippen LogP contribution in [0.5, 0.6) is 0 Å². The van der Waals surface area contributed by atoms with Crippen LogP contribution < -0.4 is 9.80 Å². The number of imidazole rings is 1. The number of hydrogen-bond donors (Lipinski definition) is 0. The van der Waals surface area contributed by atoms with Crippen molar-refractivity contribution < 1.29 is 4.79 Å². The summed E-state index contributed by atoms with van der Waals surface area (Å²) in [6.07, 6.45) is 0. The Kier molecular flexibility index (Phi) is 3.64. The van der Waals surface area contributed by atoms with Gasteiger partial charge in [0.25, 0.3) is 0 Å². The molecule has 1 aliphatic rings. The van der Waals surface area contributed by atoms with Gasteiger partial charge in [-0.1, -0.05) is 48.5 Å². The van der Waals surface area contributed by atoms with Crippen molar-refractivity contribution in [1.82, 2.24) is 9.55 Å². The van der Waals surface area contributed by atoms with E-state index in [4.69, 9.17) is 4.98 Å². The van der Waals surface area contributed by atoms with E-state index in [1.807, 2.05) is 84.9 Å². The fourth-order valence-electron chi connectivity index (χ4n) is 3.62. The van der Waals surface area contributed by atoms with Crippen molar-refractivity contribution in [1.29, 1.82) is 0 Å². The Morgan fingerprint density at radius 2 is 1.37 bits per heavy atom. The largest absolute Gasteiger partial charge is 0.335 e. The average Bonchev–Trinajstić information content (AvgIpc) is 3.29. The molecule has 5 heteroatoms. The number of amides is 2. The van der Waals surface area contributed by atoms with E-state index in [-0.39, 0.29) is 6.03 Å². The van der Waals surface area contributed by atoms with Crippen LogP contribution in [0.4, 0.5) is 22.1 Å². The van der Waals surface area contributed by atoms with E-state index in [0.29, 0.717) is 12.5 Å². The molecule has 5 rings (SSSR count). The second-order valence-corrected chi connectivity index (χ2v) is 6.49. The lowest BCUT2D eigenvalue weighted by molar-refractivity contribution is 0.254. The van der Waals surface area contributed by atoms with Gasteiger partial charge in [-0.3, -0.25) is 9.80 Å². The van der Waals surface area contributed by atoms with Gasteiger partial charge in [-0.05, 0) is 36.4 Å². The molecule has 0 saturated heterocycles. The topological polar surface area (TPSA) is 41.4 Å². The summed E-state index contributed by atoms with van der Waals surface area (Å²) < 4.78 is 2.11. The molecule has 1 aromatic heterocycles. The van der Waals surface area contributed by atoms with Gasteiger partial charge < -0.3 is 4.57 Å². The van der Waals surface area contributed by atoms with Gasteiger partial charge in [-0.15, -0.1) is 0 Å². The molecule has 0 aliphatic carbocycles. The molecule has 0 unspecified atom stereocenters. The lowest BCUT2D eigenvalue weighted by Crippen LogP contribution is -2.40. The maximum absolute atomic E-state index is 13.6. The van der Waals surface area contributed by atoms with E-state index in [1.54, 1.807) is 9.80 Å². The first-order chi connectivity index (χ1) is 13.3. The maximum Gasteiger partial charge on any atom is 0.335 e. The number of anilines is 3. The molecule has 0 radical (unpaired) electrons. The number of benzene rings is 3. The zero-order valence-electron chi connectivity index (χ0n) is 14.7. The number of urea groups is 1. The van der Waals surface area contributed by atoms with Crippen molar-refractivity contribution in [3.8, 4) is 0 Å². The minimum Gasteiger partial charge on any atom is -0.308 e. The standard InChI is InChI=1S/C22H18N4O/c27-22(25-16-15-24-20-14-8-7-13-19(20)23-21(24)25)26(17-9-3-1-4-10-17)18-11-5-2-6-12-18/h1-14H,15-16H2. The monoisotopic (exact) mass is 354 g/mol. The molecule has 132 valence electrons. The molecular formula is C22H18N4O. The highest BCUT2D eigenvalue weighted by Crippen LogP contribution is 2.32. The van der Waals surface area contributed by atoms with Gasteiger partial charge in [0.05, 0.1) is 22.4 Å². The van der Waals surface area contributed by atoms with Gasteiger partial charge in [-0.2, -0.15) is 0 Å². The molecule has 5 nitrogen and oxygen atoms in total. The summed E-state index contributed by atoms with van der Waals surface area (Å²) in [6, 6.07) is 27.4. The zero-order chi connectivity index (χ0) is 18.2. The van der Waals surface area contributed by atoms with Crippen LogP contribution >= 0.6 is 0 Å². The second-order valence-electron chi connectivity index (χ2n) is 6.49. The Labute approximate surface area is 157 Å². The van der Waals surface area contributed by atoms with Crippen LogP contribution in [0.3, 0.4) is 0 Å². The van der Waals surface area contributed by atoms with Gasteiger partial charge in [0.2, 0.25) is 5.95 Å². The molecule has 4 aromatic rings. The number of fused-ring (bicyclic) bond motifs is 3. The second kappa shape index (κ2) is 6.29. The molecule has 0 bridgehead atoms. The summed E-state index contributed by atoms with van der Waals surface area (Å²) in [4.78, 5) is 21.8. The van der Waals surface area contributed by atoms with Crippen LogP contribution in [0.1, 0.15) is 0 Å². The Morgan fingerprint density at radius 1 is 0.778 bits per heavy atom. The zero-order valence-corrected chi connectivity index (χ0v) is 14.7. The molecule has 27 heavy (non-hydrogen) atoms. The summed E-state index contributed by atoms with van der Waals surface area (Å²) in [5.74, 6) is 0.707. The SMILES string of the molecule is O=C(N1CCn2c1nc1ccccc12)N(c1ccccc1)c1ccccc1. The van der Waals surface area contributed by atoms with E-state index < -0.39 is 0 Å². The molecule has 0 fully saturated rings. The summed E-state index contributed by atoms with van der Waals surface area (Å²) in [6.45, 7) is 1.36. The van der Waals surface area contributed by atoms with Gasteiger partial charge in [0, 0.05) is 13.1 Å². The molecule has 0 atom stereocenters. The van der Waals surface area contributed by atoms with Crippen molar-refractivity contribution in [2.24, 2.45) is 0 Å². The van der Waals surface area contributed by atoms with Gasteiger partial charge in [0.15, 0.2) is 0 Å². The molecule has 0 spiro atoms. The van der Waals surface area contributed by atoms with Gasteiger partial charge in [-0.25, -0.2) is 9.78 Å².